The van der Waals surface area contributed by atoms with E-state index in [1.807, 2.05) is 0 Å². The third kappa shape index (κ3) is 6.20. The second kappa shape index (κ2) is 9.08. The van der Waals surface area contributed by atoms with Crippen LogP contribution in [0.2, 0.25) is 0 Å². The summed E-state index contributed by atoms with van der Waals surface area (Å²) in [4.78, 5) is 64.3. The van der Waals surface area contributed by atoms with Crippen LogP contribution < -0.4 is 16.0 Å². The zero-order valence-corrected chi connectivity index (χ0v) is 18.9. The van der Waals surface area contributed by atoms with Crippen molar-refractivity contribution in [2.24, 2.45) is 14.1 Å². The summed E-state index contributed by atoms with van der Waals surface area (Å²) < 4.78 is 53.8. The first-order valence-electron chi connectivity index (χ1n) is 8.16. The summed E-state index contributed by atoms with van der Waals surface area (Å²) in [5, 5.41) is 0. The molecule has 2 rings (SSSR count). The molecule has 0 saturated heterocycles. The Labute approximate surface area is 172 Å². The zero-order chi connectivity index (χ0) is 23.8. The van der Waals surface area contributed by atoms with Crippen LogP contribution in [0.5, 0.6) is 6.01 Å². The van der Waals surface area contributed by atoms with Crippen LogP contribution in [0.3, 0.4) is 0 Å². The maximum absolute atomic E-state index is 12.5. The van der Waals surface area contributed by atoms with Crippen LogP contribution in [0.1, 0.15) is 6.92 Å². The van der Waals surface area contributed by atoms with Gasteiger partial charge in [0, 0.05) is 14.1 Å². The Morgan fingerprint density at radius 2 is 1.58 bits per heavy atom. The fourth-order valence-electron chi connectivity index (χ4n) is 2.42. The predicted octanol–water partition coefficient (Wildman–Crippen LogP) is -0.824. The van der Waals surface area contributed by atoms with E-state index in [0.717, 1.165) is 13.7 Å². The highest BCUT2D eigenvalue weighted by Gasteiger charge is 2.40. The topological polar surface area (TPSA) is 231 Å². The maximum Gasteiger partial charge on any atom is 0.490 e. The van der Waals surface area contributed by atoms with Crippen LogP contribution in [0.4, 0.5) is 0 Å². The highest BCUT2D eigenvalue weighted by atomic mass is 31.3. The van der Waals surface area contributed by atoms with Gasteiger partial charge < -0.3 is 24.3 Å². The molecule has 0 aliphatic heterocycles. The molecule has 2 aromatic rings. The summed E-state index contributed by atoms with van der Waals surface area (Å²) in [5.41, 5.74) is -1.52. The molecule has 0 amide bonds. The molecule has 0 aliphatic rings. The van der Waals surface area contributed by atoms with Gasteiger partial charge in [-0.3, -0.25) is 23.0 Å². The van der Waals surface area contributed by atoms with Crippen molar-refractivity contribution in [1.29, 1.82) is 0 Å². The molecule has 2 unspecified atom stereocenters. The Balaban J connectivity index is 2.30. The predicted molar refractivity (Wildman–Crippen MR) is 101 cm³/mol. The molecule has 0 aliphatic carbocycles. The summed E-state index contributed by atoms with van der Waals surface area (Å²) in [5.74, 6) is 0. The second-order valence-corrected chi connectivity index (χ2v) is 10.2. The van der Waals surface area contributed by atoms with E-state index in [0.29, 0.717) is 0 Å². The van der Waals surface area contributed by atoms with Crippen molar-refractivity contribution >= 4 is 34.6 Å². The molecule has 31 heavy (non-hydrogen) atoms. The summed E-state index contributed by atoms with van der Waals surface area (Å²) in [7, 11) is -13.9. The van der Waals surface area contributed by atoms with Crippen molar-refractivity contribution < 1.29 is 51.2 Å². The molecular weight excluding hydrogens is 489 g/mol. The maximum atomic E-state index is 12.5. The van der Waals surface area contributed by atoms with E-state index in [4.69, 9.17) is 19.4 Å². The van der Waals surface area contributed by atoms with E-state index in [-0.39, 0.29) is 30.3 Å². The first-order valence-corrected chi connectivity index (χ1v) is 12.7. The minimum Gasteiger partial charge on any atom is -0.465 e. The van der Waals surface area contributed by atoms with E-state index in [1.165, 1.54) is 14.1 Å². The van der Waals surface area contributed by atoms with Gasteiger partial charge in [0.2, 0.25) is 0 Å². The average molecular weight is 508 g/mol. The lowest BCUT2D eigenvalue weighted by Gasteiger charge is -2.16. The normalized spacial score (nSPS) is 16.2. The smallest absolute Gasteiger partial charge is 0.465 e. The van der Waals surface area contributed by atoms with Gasteiger partial charge in [-0.05, 0) is 6.92 Å². The first kappa shape index (κ1) is 25.6. The van der Waals surface area contributed by atoms with E-state index < -0.39 is 41.3 Å². The van der Waals surface area contributed by atoms with Crippen LogP contribution in [0, 0.1) is 0 Å². The van der Waals surface area contributed by atoms with E-state index in [2.05, 4.69) is 18.1 Å². The van der Waals surface area contributed by atoms with Crippen molar-refractivity contribution in [2.45, 2.75) is 13.5 Å². The average Bonchev–Trinajstić information content (AvgIpc) is 2.93. The lowest BCUT2D eigenvalue weighted by Crippen LogP contribution is -2.37. The lowest BCUT2D eigenvalue weighted by atomic mass is 10.5. The van der Waals surface area contributed by atoms with E-state index in [9.17, 15) is 28.2 Å². The lowest BCUT2D eigenvalue weighted by molar-refractivity contribution is 0.166. The van der Waals surface area contributed by atoms with Gasteiger partial charge >= 0.3 is 29.2 Å². The van der Waals surface area contributed by atoms with Crippen molar-refractivity contribution in [2.75, 3.05) is 13.2 Å². The number of ether oxygens (including phenoxy) is 1. The van der Waals surface area contributed by atoms with E-state index in [1.54, 1.807) is 6.92 Å². The number of fused-ring (bicyclic) bond motifs is 1. The van der Waals surface area contributed by atoms with Gasteiger partial charge in [0.05, 0.1) is 19.8 Å². The van der Waals surface area contributed by atoms with Crippen LogP contribution in [0.15, 0.2) is 9.59 Å². The van der Waals surface area contributed by atoms with Crippen molar-refractivity contribution in [1.82, 2.24) is 18.7 Å². The fraction of sp³-hybridized carbons (Fsp3) is 0.545. The number of aryl methyl sites for hydroxylation is 1. The third-order valence-electron chi connectivity index (χ3n) is 3.57. The summed E-state index contributed by atoms with van der Waals surface area (Å²) in [6.07, 6.45) is 0. The Bertz CT molecular complexity index is 1240. The van der Waals surface area contributed by atoms with Gasteiger partial charge in [-0.15, -0.1) is 0 Å². The van der Waals surface area contributed by atoms with Crippen molar-refractivity contribution in [3.63, 3.8) is 0 Å². The van der Waals surface area contributed by atoms with Crippen LogP contribution in [0.25, 0.3) is 11.2 Å². The number of nitrogens with zero attached hydrogens (tertiary/aromatic N) is 4. The molecule has 4 N–H and O–H groups in total. The largest absolute Gasteiger partial charge is 0.490 e. The molecular formula is C11H19N4O13P3. The van der Waals surface area contributed by atoms with Gasteiger partial charge in [-0.25, -0.2) is 18.5 Å². The quantitative estimate of drug-likeness (QED) is 0.287. The Kier molecular flexibility index (Phi) is 7.50. The van der Waals surface area contributed by atoms with Crippen LogP contribution >= 0.6 is 23.5 Å². The molecule has 2 heterocycles. The number of aromatic nitrogens is 4. The molecule has 0 saturated carbocycles. The third-order valence-corrected chi connectivity index (χ3v) is 7.41. The molecule has 2 atom stereocenters. The number of phosphoric ester groups is 1. The van der Waals surface area contributed by atoms with Gasteiger partial charge in [0.1, 0.15) is 0 Å². The molecule has 0 radical (unpaired) electrons. The second-order valence-electron chi connectivity index (χ2n) is 5.78. The number of imidazole rings is 1. The molecule has 0 aromatic carbocycles. The molecule has 176 valence electrons. The van der Waals surface area contributed by atoms with Crippen LogP contribution in [-0.4, -0.2) is 51.5 Å². The monoisotopic (exact) mass is 508 g/mol. The summed E-state index contributed by atoms with van der Waals surface area (Å²) in [6, 6.07) is -0.120. The number of phosphoric acid groups is 3. The fourth-order valence-corrected chi connectivity index (χ4v) is 5.43. The van der Waals surface area contributed by atoms with Crippen LogP contribution in [-0.2, 0) is 47.5 Å². The number of hydrogen-bond acceptors (Lipinski definition) is 10. The first-order chi connectivity index (χ1) is 14.1. The van der Waals surface area contributed by atoms with Gasteiger partial charge in [0.25, 0.3) is 11.6 Å². The van der Waals surface area contributed by atoms with Crippen molar-refractivity contribution in [3.05, 3.63) is 20.8 Å². The van der Waals surface area contributed by atoms with Gasteiger partial charge in [-0.1, -0.05) is 0 Å². The summed E-state index contributed by atoms with van der Waals surface area (Å²) in [6.45, 7) is 0.643. The molecule has 20 heteroatoms. The molecule has 17 nitrogen and oxygen atoms in total. The van der Waals surface area contributed by atoms with Gasteiger partial charge in [-0.2, -0.15) is 13.6 Å². The molecule has 0 bridgehead atoms. The minimum atomic E-state index is -5.66. The van der Waals surface area contributed by atoms with Crippen molar-refractivity contribution in [3.8, 4) is 6.01 Å². The van der Waals surface area contributed by atoms with Gasteiger partial charge in [0.15, 0.2) is 11.2 Å². The minimum absolute atomic E-state index is 0.0325. The summed E-state index contributed by atoms with van der Waals surface area (Å²) >= 11 is 0. The molecule has 0 fully saturated rings. The molecule has 0 spiro atoms. The Morgan fingerprint density at radius 3 is 2.13 bits per heavy atom. The number of hydrogen-bond donors (Lipinski definition) is 4. The molecule has 2 aromatic heterocycles. The Morgan fingerprint density at radius 1 is 0.968 bits per heavy atom. The standard InChI is InChI=1S/C11H19N4O13P3/c1-4-25-10-12-8-7(9(16)14(3)11(17)13(8)2)15(10)5-6-26-30(21,22)28-31(23,24)27-29(18,19)20/h4-6H2,1-3H3,(H,21,22)(H,23,24)(H2,18,19,20). The Hall–Kier alpha value is -1.64. The highest BCUT2D eigenvalue weighted by molar-refractivity contribution is 7.66. The zero-order valence-electron chi connectivity index (χ0n) is 16.2. The van der Waals surface area contributed by atoms with E-state index >= 15 is 0 Å². The highest BCUT2D eigenvalue weighted by Crippen LogP contribution is 2.66. The SMILES string of the molecule is CCOc1nc2c(c(=O)n(C)c(=O)n2C)n1CCOP(=O)(O)OP(=O)(O)OP(=O)(O)O. The number of rotatable bonds is 10.